The molecule has 2 aliphatic rings. The summed E-state index contributed by atoms with van der Waals surface area (Å²) in [5, 5.41) is 4.19. The Morgan fingerprint density at radius 3 is 2.88 bits per heavy atom. The summed E-state index contributed by atoms with van der Waals surface area (Å²) in [6, 6.07) is 0.426. The first-order chi connectivity index (χ1) is 7.75. The maximum absolute atomic E-state index is 6.30. The molecule has 88 valence electrons. The van der Waals surface area contributed by atoms with E-state index in [1.165, 1.54) is 24.8 Å². The van der Waals surface area contributed by atoms with E-state index in [0.29, 0.717) is 6.04 Å². The zero-order valence-electron chi connectivity index (χ0n) is 9.97. The van der Waals surface area contributed by atoms with E-state index in [1.807, 2.05) is 17.9 Å². The number of rotatable bonds is 4. The molecule has 3 heteroatoms. The van der Waals surface area contributed by atoms with Crippen molar-refractivity contribution in [1.29, 1.82) is 0 Å². The minimum absolute atomic E-state index is 0.426. The minimum atomic E-state index is 0.426. The van der Waals surface area contributed by atoms with Crippen LogP contribution in [0.25, 0.3) is 0 Å². The Labute approximate surface area is 97.0 Å². The number of hydrogen-bond acceptors (Lipinski definition) is 2. The van der Waals surface area contributed by atoms with E-state index in [0.717, 1.165) is 30.6 Å². The SMILES string of the molecule is Cn1cc(CCC(N)C2C3CCCC32)cn1. The van der Waals surface area contributed by atoms with Gasteiger partial charge in [0.2, 0.25) is 0 Å². The fraction of sp³-hybridized carbons (Fsp3) is 0.769. The Morgan fingerprint density at radius 2 is 2.25 bits per heavy atom. The molecule has 3 nitrogen and oxygen atoms in total. The average molecular weight is 219 g/mol. The molecule has 2 N–H and O–H groups in total. The summed E-state index contributed by atoms with van der Waals surface area (Å²) in [6.45, 7) is 0. The third kappa shape index (κ3) is 1.77. The largest absolute Gasteiger partial charge is 0.327 e. The van der Waals surface area contributed by atoms with Crippen LogP contribution in [0.3, 0.4) is 0 Å². The van der Waals surface area contributed by atoms with Crippen molar-refractivity contribution in [1.82, 2.24) is 9.78 Å². The van der Waals surface area contributed by atoms with Crippen molar-refractivity contribution in [2.75, 3.05) is 0 Å². The maximum Gasteiger partial charge on any atom is 0.0521 e. The van der Waals surface area contributed by atoms with Crippen LogP contribution >= 0.6 is 0 Å². The van der Waals surface area contributed by atoms with Gasteiger partial charge in [-0.05, 0) is 49.0 Å². The Morgan fingerprint density at radius 1 is 1.50 bits per heavy atom. The zero-order valence-corrected chi connectivity index (χ0v) is 9.97. The first-order valence-electron chi connectivity index (χ1n) is 6.49. The van der Waals surface area contributed by atoms with Gasteiger partial charge in [-0.1, -0.05) is 6.42 Å². The molecule has 2 aliphatic carbocycles. The fourth-order valence-electron chi connectivity index (χ4n) is 3.64. The molecule has 0 aliphatic heterocycles. The van der Waals surface area contributed by atoms with E-state index in [2.05, 4.69) is 11.3 Å². The van der Waals surface area contributed by atoms with Crippen LogP contribution in [0, 0.1) is 17.8 Å². The highest BCUT2D eigenvalue weighted by Gasteiger charge is 2.54. The second kappa shape index (κ2) is 3.88. The summed E-state index contributed by atoms with van der Waals surface area (Å²) >= 11 is 0. The molecule has 3 unspecified atom stereocenters. The van der Waals surface area contributed by atoms with Crippen LogP contribution in [0.15, 0.2) is 12.4 Å². The number of fused-ring (bicyclic) bond motifs is 1. The van der Waals surface area contributed by atoms with Gasteiger partial charge < -0.3 is 5.73 Å². The maximum atomic E-state index is 6.30. The predicted octanol–water partition coefficient (Wildman–Crippen LogP) is 1.73. The van der Waals surface area contributed by atoms with Gasteiger partial charge >= 0.3 is 0 Å². The van der Waals surface area contributed by atoms with Crippen LogP contribution in [0.5, 0.6) is 0 Å². The summed E-state index contributed by atoms with van der Waals surface area (Å²) < 4.78 is 1.87. The topological polar surface area (TPSA) is 43.8 Å². The number of aryl methyl sites for hydroxylation is 2. The molecular formula is C13H21N3. The van der Waals surface area contributed by atoms with Gasteiger partial charge in [-0.25, -0.2) is 0 Å². The second-order valence-electron chi connectivity index (χ2n) is 5.56. The standard InChI is InChI=1S/C13H21N3/c1-16-8-9(7-15-16)5-6-12(14)13-10-3-2-4-11(10)13/h7-8,10-13H,2-6,14H2,1H3. The van der Waals surface area contributed by atoms with E-state index >= 15 is 0 Å². The molecule has 16 heavy (non-hydrogen) atoms. The van der Waals surface area contributed by atoms with E-state index in [1.54, 1.807) is 0 Å². The van der Waals surface area contributed by atoms with Crippen LogP contribution < -0.4 is 5.73 Å². The molecule has 0 radical (unpaired) electrons. The smallest absolute Gasteiger partial charge is 0.0521 e. The van der Waals surface area contributed by atoms with E-state index in [-0.39, 0.29) is 0 Å². The van der Waals surface area contributed by atoms with Crippen LogP contribution in [0.2, 0.25) is 0 Å². The first kappa shape index (κ1) is 10.3. The van der Waals surface area contributed by atoms with Crippen molar-refractivity contribution in [3.8, 4) is 0 Å². The van der Waals surface area contributed by atoms with Crippen molar-refractivity contribution in [2.24, 2.45) is 30.5 Å². The lowest BCUT2D eigenvalue weighted by molar-refractivity contribution is 0.463. The van der Waals surface area contributed by atoms with Gasteiger partial charge in [0.05, 0.1) is 6.20 Å². The molecule has 0 saturated heterocycles. The Balaban J connectivity index is 1.49. The summed E-state index contributed by atoms with van der Waals surface area (Å²) in [5.41, 5.74) is 7.62. The molecular weight excluding hydrogens is 198 g/mol. The number of aromatic nitrogens is 2. The van der Waals surface area contributed by atoms with E-state index in [9.17, 15) is 0 Å². The van der Waals surface area contributed by atoms with Crippen LogP contribution in [0.1, 0.15) is 31.2 Å². The van der Waals surface area contributed by atoms with Gasteiger partial charge in [0, 0.05) is 19.3 Å². The highest BCUT2D eigenvalue weighted by Crippen LogP contribution is 2.59. The molecule has 0 amide bonds. The fourth-order valence-corrected chi connectivity index (χ4v) is 3.64. The van der Waals surface area contributed by atoms with Crippen LogP contribution in [-0.4, -0.2) is 15.8 Å². The normalized spacial score (nSPS) is 33.8. The molecule has 1 heterocycles. The first-order valence-corrected chi connectivity index (χ1v) is 6.49. The molecule has 0 bridgehead atoms. The number of nitrogens with zero attached hydrogens (tertiary/aromatic N) is 2. The minimum Gasteiger partial charge on any atom is -0.327 e. The van der Waals surface area contributed by atoms with Crippen LogP contribution in [-0.2, 0) is 13.5 Å². The third-order valence-electron chi connectivity index (χ3n) is 4.49. The van der Waals surface area contributed by atoms with E-state index in [4.69, 9.17) is 5.73 Å². The van der Waals surface area contributed by atoms with Crippen molar-refractivity contribution in [3.05, 3.63) is 18.0 Å². The quantitative estimate of drug-likeness (QED) is 0.838. The van der Waals surface area contributed by atoms with Gasteiger partial charge in [-0.3, -0.25) is 4.68 Å². The van der Waals surface area contributed by atoms with Crippen LogP contribution in [0.4, 0.5) is 0 Å². The van der Waals surface area contributed by atoms with Crippen molar-refractivity contribution in [3.63, 3.8) is 0 Å². The van der Waals surface area contributed by atoms with Gasteiger partial charge in [0.1, 0.15) is 0 Å². The Bertz CT molecular complexity index is 361. The average Bonchev–Trinajstić information content (AvgIpc) is 2.68. The van der Waals surface area contributed by atoms with Crippen molar-refractivity contribution in [2.45, 2.75) is 38.1 Å². The van der Waals surface area contributed by atoms with Gasteiger partial charge in [0.15, 0.2) is 0 Å². The van der Waals surface area contributed by atoms with Crippen molar-refractivity contribution < 1.29 is 0 Å². The summed E-state index contributed by atoms with van der Waals surface area (Å²) in [6.07, 6.45) is 10.6. The predicted molar refractivity (Wildman–Crippen MR) is 63.8 cm³/mol. The Kier molecular flexibility index (Phi) is 2.51. The lowest BCUT2D eigenvalue weighted by atomic mass is 9.99. The summed E-state index contributed by atoms with van der Waals surface area (Å²) in [4.78, 5) is 0. The van der Waals surface area contributed by atoms with Gasteiger partial charge in [-0.2, -0.15) is 5.10 Å². The monoisotopic (exact) mass is 219 g/mol. The third-order valence-corrected chi connectivity index (χ3v) is 4.49. The highest BCUT2D eigenvalue weighted by molar-refractivity contribution is 5.08. The summed E-state index contributed by atoms with van der Waals surface area (Å²) in [5.74, 6) is 2.83. The number of hydrogen-bond donors (Lipinski definition) is 1. The molecule has 2 saturated carbocycles. The second-order valence-corrected chi connectivity index (χ2v) is 5.56. The lowest BCUT2D eigenvalue weighted by Gasteiger charge is -2.12. The Hall–Kier alpha value is -0.830. The molecule has 1 aromatic heterocycles. The molecule has 0 aromatic carbocycles. The van der Waals surface area contributed by atoms with Crippen molar-refractivity contribution >= 4 is 0 Å². The molecule has 0 spiro atoms. The summed E-state index contributed by atoms with van der Waals surface area (Å²) in [7, 11) is 1.97. The van der Waals surface area contributed by atoms with Gasteiger partial charge in [-0.15, -0.1) is 0 Å². The molecule has 3 atom stereocenters. The van der Waals surface area contributed by atoms with Gasteiger partial charge in [0.25, 0.3) is 0 Å². The van der Waals surface area contributed by atoms with E-state index < -0.39 is 0 Å². The lowest BCUT2D eigenvalue weighted by Crippen LogP contribution is -2.25. The highest BCUT2D eigenvalue weighted by atomic mass is 15.2. The number of nitrogens with two attached hydrogens (primary N) is 1. The zero-order chi connectivity index (χ0) is 11.1. The molecule has 2 fully saturated rings. The molecule has 1 aromatic rings. The molecule has 3 rings (SSSR count).